The summed E-state index contributed by atoms with van der Waals surface area (Å²) in [5.41, 5.74) is 4.94. The summed E-state index contributed by atoms with van der Waals surface area (Å²) in [6.07, 6.45) is 1.97. The number of carbonyl (C=O) groups excluding carboxylic acids is 2. The zero-order valence-corrected chi connectivity index (χ0v) is 17.0. The molecule has 0 radical (unpaired) electrons. The second kappa shape index (κ2) is 8.68. The molecular formula is C19H24FN5O3S. The molecule has 2 fully saturated rings. The molecular weight excluding hydrogens is 397 g/mol. The van der Waals surface area contributed by atoms with Crippen LogP contribution in [0.4, 0.5) is 4.39 Å². The predicted octanol–water partition coefficient (Wildman–Crippen LogP) is 1.54. The molecule has 0 spiro atoms. The SMILES string of the molecule is CC(=O)NCC1CC(c2ccc(C3CCN(N4NC(=O)CS4)CC3)c(F)c2)=NO1. The van der Waals surface area contributed by atoms with E-state index in [4.69, 9.17) is 4.84 Å². The van der Waals surface area contributed by atoms with Gasteiger partial charge in [-0.15, -0.1) is 0 Å². The molecule has 1 unspecified atom stereocenters. The molecule has 3 aliphatic rings. The van der Waals surface area contributed by atoms with Crippen LogP contribution in [0.1, 0.15) is 43.2 Å². The van der Waals surface area contributed by atoms with Crippen LogP contribution in [0.2, 0.25) is 0 Å². The molecule has 4 rings (SSSR count). The van der Waals surface area contributed by atoms with Gasteiger partial charge in [0.05, 0.1) is 18.0 Å². The average molecular weight is 421 g/mol. The lowest BCUT2D eigenvalue weighted by molar-refractivity contribution is -0.124. The standard InChI is InChI=1S/C19H24FN5O3S/c1-12(26)21-10-15-9-18(23-28-15)14-2-3-16(17(20)8-14)13-4-6-24(7-5-13)25-22-19(27)11-29-25/h2-3,8,13,15H,4-7,9-11H2,1H3,(H,21,26)(H,22,27). The van der Waals surface area contributed by atoms with E-state index in [0.29, 0.717) is 30.0 Å². The quantitative estimate of drug-likeness (QED) is 0.702. The lowest BCUT2D eigenvalue weighted by Crippen LogP contribution is -2.48. The highest BCUT2D eigenvalue weighted by Gasteiger charge is 2.31. The first-order chi connectivity index (χ1) is 14.0. The van der Waals surface area contributed by atoms with E-state index >= 15 is 0 Å². The van der Waals surface area contributed by atoms with Crippen molar-refractivity contribution in [1.29, 1.82) is 0 Å². The largest absolute Gasteiger partial charge is 0.390 e. The number of hydrogen-bond acceptors (Lipinski definition) is 7. The van der Waals surface area contributed by atoms with Gasteiger partial charge >= 0.3 is 0 Å². The Morgan fingerprint density at radius 2 is 2.21 bits per heavy atom. The third-order valence-electron chi connectivity index (χ3n) is 5.35. The summed E-state index contributed by atoms with van der Waals surface area (Å²) >= 11 is 1.45. The van der Waals surface area contributed by atoms with Crippen LogP contribution in [0, 0.1) is 5.82 Å². The van der Waals surface area contributed by atoms with Crippen LogP contribution in [-0.2, 0) is 14.4 Å². The van der Waals surface area contributed by atoms with Crippen LogP contribution in [0.5, 0.6) is 0 Å². The summed E-state index contributed by atoms with van der Waals surface area (Å²) < 4.78 is 16.6. The number of nitrogens with zero attached hydrogens (tertiary/aromatic N) is 3. The number of oxime groups is 1. The van der Waals surface area contributed by atoms with Gasteiger partial charge in [0.15, 0.2) is 0 Å². The first-order valence-corrected chi connectivity index (χ1v) is 10.7. The van der Waals surface area contributed by atoms with Crippen molar-refractivity contribution in [3.05, 3.63) is 35.1 Å². The Bertz CT molecular complexity index is 828. The van der Waals surface area contributed by atoms with Gasteiger partial charge in [0.1, 0.15) is 11.9 Å². The second-order valence-electron chi connectivity index (χ2n) is 7.45. The Balaban J connectivity index is 1.34. The van der Waals surface area contributed by atoms with Gasteiger partial charge in [-0.1, -0.05) is 21.8 Å². The monoisotopic (exact) mass is 421 g/mol. The van der Waals surface area contributed by atoms with E-state index in [2.05, 4.69) is 20.9 Å². The van der Waals surface area contributed by atoms with Gasteiger partial charge in [0, 0.05) is 32.0 Å². The van der Waals surface area contributed by atoms with Crippen LogP contribution in [-0.4, -0.2) is 58.5 Å². The Morgan fingerprint density at radius 3 is 2.86 bits per heavy atom. The zero-order valence-electron chi connectivity index (χ0n) is 16.2. The van der Waals surface area contributed by atoms with Crippen molar-refractivity contribution in [2.75, 3.05) is 25.4 Å². The van der Waals surface area contributed by atoms with Gasteiger partial charge in [-0.05, 0) is 42.3 Å². The van der Waals surface area contributed by atoms with E-state index in [1.54, 1.807) is 4.52 Å². The van der Waals surface area contributed by atoms with E-state index in [9.17, 15) is 14.0 Å². The predicted molar refractivity (Wildman–Crippen MR) is 107 cm³/mol. The number of hydrazine groups is 2. The molecule has 1 aromatic rings. The van der Waals surface area contributed by atoms with Gasteiger partial charge in [0.25, 0.3) is 0 Å². The third kappa shape index (κ3) is 4.71. The van der Waals surface area contributed by atoms with E-state index in [-0.39, 0.29) is 29.7 Å². The molecule has 0 aliphatic carbocycles. The van der Waals surface area contributed by atoms with Crippen molar-refractivity contribution in [1.82, 2.24) is 20.3 Å². The minimum atomic E-state index is -0.224. The van der Waals surface area contributed by atoms with Crippen molar-refractivity contribution in [2.45, 2.75) is 38.2 Å². The Kier molecular flexibility index (Phi) is 6.02. The Hall–Kier alpha value is -2.17. The molecule has 0 bridgehead atoms. The fourth-order valence-electron chi connectivity index (χ4n) is 3.81. The van der Waals surface area contributed by atoms with E-state index in [1.807, 2.05) is 12.1 Å². The molecule has 2 N–H and O–H groups in total. The fourth-order valence-corrected chi connectivity index (χ4v) is 4.60. The number of benzene rings is 1. The molecule has 2 amide bonds. The molecule has 29 heavy (non-hydrogen) atoms. The number of nitrogens with one attached hydrogen (secondary N) is 2. The maximum Gasteiger partial charge on any atom is 0.247 e. The molecule has 1 aromatic carbocycles. The lowest BCUT2D eigenvalue weighted by Gasteiger charge is -2.36. The molecule has 10 heteroatoms. The van der Waals surface area contributed by atoms with Gasteiger partial charge in [-0.2, -0.15) is 0 Å². The summed E-state index contributed by atoms with van der Waals surface area (Å²) in [7, 11) is 0. The van der Waals surface area contributed by atoms with Crippen molar-refractivity contribution in [3.63, 3.8) is 0 Å². The Labute approximate surface area is 172 Å². The molecule has 3 heterocycles. The number of amides is 2. The molecule has 0 saturated carbocycles. The molecule has 1 atom stereocenters. The highest BCUT2D eigenvalue weighted by atomic mass is 32.2. The smallest absolute Gasteiger partial charge is 0.247 e. The van der Waals surface area contributed by atoms with Crippen molar-refractivity contribution >= 4 is 29.5 Å². The normalized spacial score (nSPS) is 23.6. The number of carbonyl (C=O) groups is 2. The zero-order chi connectivity index (χ0) is 20.4. The van der Waals surface area contributed by atoms with Crippen molar-refractivity contribution in [2.24, 2.45) is 5.16 Å². The van der Waals surface area contributed by atoms with Gasteiger partial charge < -0.3 is 10.2 Å². The maximum atomic E-state index is 14.9. The lowest BCUT2D eigenvalue weighted by atomic mass is 9.88. The number of piperidine rings is 1. The minimum Gasteiger partial charge on any atom is -0.390 e. The number of halogens is 1. The van der Waals surface area contributed by atoms with Gasteiger partial charge in [0.2, 0.25) is 11.8 Å². The maximum absolute atomic E-state index is 14.9. The second-order valence-corrected chi connectivity index (χ2v) is 8.34. The summed E-state index contributed by atoms with van der Waals surface area (Å²) in [4.78, 5) is 27.7. The van der Waals surface area contributed by atoms with E-state index in [0.717, 1.165) is 31.5 Å². The molecule has 3 aliphatic heterocycles. The number of rotatable bonds is 5. The van der Waals surface area contributed by atoms with Crippen LogP contribution >= 0.6 is 11.9 Å². The van der Waals surface area contributed by atoms with Crippen molar-refractivity contribution in [3.8, 4) is 0 Å². The summed E-state index contributed by atoms with van der Waals surface area (Å²) in [5.74, 6) is 0.261. The van der Waals surface area contributed by atoms with E-state index < -0.39 is 0 Å². The minimum absolute atomic E-state index is 0.0110. The highest BCUT2D eigenvalue weighted by molar-refractivity contribution is 7.98. The number of hydrogen-bond donors (Lipinski definition) is 2. The first-order valence-electron chi connectivity index (χ1n) is 9.74. The molecule has 8 nitrogen and oxygen atoms in total. The van der Waals surface area contributed by atoms with Crippen LogP contribution in [0.15, 0.2) is 23.4 Å². The molecule has 156 valence electrons. The third-order valence-corrected chi connectivity index (χ3v) is 6.31. The first kappa shape index (κ1) is 20.1. The average Bonchev–Trinajstić information content (AvgIpc) is 3.36. The highest BCUT2D eigenvalue weighted by Crippen LogP contribution is 2.32. The van der Waals surface area contributed by atoms with Gasteiger partial charge in [-0.25, -0.2) is 9.40 Å². The summed E-state index contributed by atoms with van der Waals surface area (Å²) in [6.45, 7) is 3.38. The fraction of sp³-hybridized carbons (Fsp3) is 0.526. The van der Waals surface area contributed by atoms with Gasteiger partial charge in [-0.3, -0.25) is 15.0 Å². The van der Waals surface area contributed by atoms with Crippen LogP contribution < -0.4 is 10.7 Å². The molecule has 0 aromatic heterocycles. The van der Waals surface area contributed by atoms with Crippen LogP contribution in [0.25, 0.3) is 0 Å². The molecule has 2 saturated heterocycles. The summed E-state index contributed by atoms with van der Waals surface area (Å²) in [6, 6.07) is 5.27. The summed E-state index contributed by atoms with van der Waals surface area (Å²) in [5, 5.41) is 8.86. The van der Waals surface area contributed by atoms with E-state index in [1.165, 1.54) is 24.9 Å². The van der Waals surface area contributed by atoms with Crippen LogP contribution in [0.3, 0.4) is 0 Å². The van der Waals surface area contributed by atoms with Crippen molar-refractivity contribution < 1.29 is 18.8 Å². The topological polar surface area (TPSA) is 86.3 Å². The Morgan fingerprint density at radius 1 is 1.41 bits per heavy atom.